The number of nitrogens with one attached hydrogen (secondary N) is 1. The van der Waals surface area contributed by atoms with Gasteiger partial charge in [-0.05, 0) is 106 Å². The zero-order valence-corrected chi connectivity index (χ0v) is 41.4. The van der Waals surface area contributed by atoms with Gasteiger partial charge >= 0.3 is 47.4 Å². The van der Waals surface area contributed by atoms with Crippen LogP contribution in [-0.2, 0) is 31.9 Å². The SMILES string of the molecule is CCOC(=O)[C@H](O)C[C@@H](Cc1ccc(-c2cc(Cl)ccc2F)cc1)NC(=O)c1ncc(C)o1.CCOC(=O)[C@H](O)C[C@H](N)Cc1ccc(-c2cc(Cl)ccc2F)cc1.Cc1cnc(C(=O)[O-])o1.[Na+]. The number of benzene rings is 4. The van der Waals surface area contributed by atoms with Crippen molar-refractivity contribution in [1.82, 2.24) is 15.3 Å². The summed E-state index contributed by atoms with van der Waals surface area (Å²) in [5, 5.41) is 33.5. The Balaban J connectivity index is 0.000000308. The molecule has 0 radical (unpaired) electrons. The molecule has 15 nitrogen and oxygen atoms in total. The summed E-state index contributed by atoms with van der Waals surface area (Å²) in [5.41, 5.74) is 9.87. The normalized spacial score (nSPS) is 12.3. The minimum Gasteiger partial charge on any atom is -0.540 e. The number of carbonyl (C=O) groups excluding carboxylic acids is 4. The minimum atomic E-state index is -1.42. The molecule has 6 aromatic rings. The number of aryl methyl sites for hydroxylation is 2. The Bertz CT molecular complexity index is 2580. The number of aromatic nitrogens is 2. The maximum absolute atomic E-state index is 14.2. The Morgan fingerprint density at radius 3 is 1.53 bits per heavy atom. The van der Waals surface area contributed by atoms with Crippen molar-refractivity contribution in [3.8, 4) is 22.3 Å². The predicted molar refractivity (Wildman–Crippen MR) is 242 cm³/mol. The molecule has 4 aromatic carbocycles. The van der Waals surface area contributed by atoms with Gasteiger partial charge < -0.3 is 49.5 Å². The second-order valence-corrected chi connectivity index (χ2v) is 15.7. The van der Waals surface area contributed by atoms with E-state index in [1.54, 1.807) is 76.2 Å². The quantitative estimate of drug-likeness (QED) is 0.0752. The van der Waals surface area contributed by atoms with Crippen molar-refractivity contribution >= 4 is 47.0 Å². The van der Waals surface area contributed by atoms with Crippen LogP contribution in [0.2, 0.25) is 10.0 Å². The minimum absolute atomic E-state index is 0. The van der Waals surface area contributed by atoms with Gasteiger partial charge in [0.2, 0.25) is 5.89 Å². The number of ether oxygens (including phenoxy) is 2. The van der Waals surface area contributed by atoms with Crippen LogP contribution in [0.15, 0.2) is 106 Å². The average molecular weight is 990 g/mol. The molecule has 4 atom stereocenters. The number of hydrogen-bond acceptors (Lipinski definition) is 14. The number of esters is 2. The van der Waals surface area contributed by atoms with Gasteiger partial charge in [-0.3, -0.25) is 4.79 Å². The Morgan fingerprint density at radius 1 is 0.706 bits per heavy atom. The van der Waals surface area contributed by atoms with Crippen molar-refractivity contribution in [2.24, 2.45) is 5.73 Å². The fourth-order valence-electron chi connectivity index (χ4n) is 6.32. The summed E-state index contributed by atoms with van der Waals surface area (Å²) in [7, 11) is 0. The number of amides is 1. The standard InChI is InChI=1S/C24H24ClFN2O5.C19H21ClFNO3.C5H5NO3.Na/c1-3-32-24(31)21(29)12-18(28-22(30)23-27-13-14(2)33-23)10-15-4-6-16(7-5-15)19-11-17(25)8-9-20(19)26;1-2-25-19(24)18(23)11-15(22)9-12-3-5-13(6-4-12)16-10-14(20)7-8-17(16)21;1-3-2-6-4(9-3)5(7)8;/h4-9,11,13,18,21,29H,3,10,12H2,1-2H3,(H,28,30);3-8,10,15,18,23H,2,9,11,22H2,1H3;2H,1H3,(H,7,8);/q;;;+1/p-1/t18-,21-;15-,18-;;/m11../s1. The molecular formula is C48H49Cl2F2N4NaO11. The fourth-order valence-corrected chi connectivity index (χ4v) is 6.67. The molecule has 0 aliphatic rings. The molecule has 356 valence electrons. The second kappa shape index (κ2) is 28.1. The third-order valence-corrected chi connectivity index (χ3v) is 9.93. The van der Waals surface area contributed by atoms with E-state index in [1.165, 1.54) is 36.7 Å². The first-order valence-corrected chi connectivity index (χ1v) is 21.5. The number of hydrogen-bond donors (Lipinski definition) is 4. The number of carboxylic acids is 1. The molecule has 6 rings (SSSR count). The molecule has 0 aliphatic heterocycles. The molecule has 0 fully saturated rings. The van der Waals surface area contributed by atoms with Gasteiger partial charge in [0, 0.05) is 39.7 Å². The summed E-state index contributed by atoms with van der Waals surface area (Å²) < 4.78 is 47.5. The maximum atomic E-state index is 14.2. The van der Waals surface area contributed by atoms with Crippen LogP contribution in [0.4, 0.5) is 8.78 Å². The Morgan fingerprint density at radius 2 is 1.13 bits per heavy atom. The summed E-state index contributed by atoms with van der Waals surface area (Å²) in [6.07, 6.45) is 0.917. The molecule has 2 heterocycles. The maximum Gasteiger partial charge on any atom is 1.00 e. The fraction of sp³-hybridized carbons (Fsp3) is 0.292. The number of aliphatic hydroxyl groups is 2. The van der Waals surface area contributed by atoms with Crippen LogP contribution in [0, 0.1) is 25.5 Å². The Kier molecular flexibility index (Phi) is 23.5. The topological polar surface area (TPSA) is 240 Å². The predicted octanol–water partition coefficient (Wildman–Crippen LogP) is 3.78. The van der Waals surface area contributed by atoms with Crippen molar-refractivity contribution in [3.63, 3.8) is 0 Å². The van der Waals surface area contributed by atoms with E-state index >= 15 is 0 Å². The number of carboxylic acid groups (broad SMARTS) is 1. The van der Waals surface area contributed by atoms with Crippen LogP contribution < -0.4 is 45.7 Å². The van der Waals surface area contributed by atoms with Crippen LogP contribution in [-0.4, -0.2) is 81.5 Å². The number of aliphatic hydroxyl groups excluding tert-OH is 2. The Hall–Kier alpha value is -5.50. The number of oxazole rings is 2. The van der Waals surface area contributed by atoms with Gasteiger partial charge in [-0.2, -0.15) is 0 Å². The first kappa shape index (κ1) is 56.8. The molecule has 20 heteroatoms. The first-order valence-electron chi connectivity index (χ1n) is 20.8. The van der Waals surface area contributed by atoms with Crippen molar-refractivity contribution < 1.29 is 91.1 Å². The summed E-state index contributed by atoms with van der Waals surface area (Å²) in [5.74, 6) is -3.66. The zero-order chi connectivity index (χ0) is 49.2. The van der Waals surface area contributed by atoms with E-state index < -0.39 is 53.9 Å². The van der Waals surface area contributed by atoms with E-state index in [-0.39, 0.29) is 73.2 Å². The van der Waals surface area contributed by atoms with Crippen molar-refractivity contribution in [2.45, 2.75) is 77.7 Å². The average Bonchev–Trinajstić information content (AvgIpc) is 3.94. The molecule has 0 spiro atoms. The second-order valence-electron chi connectivity index (χ2n) is 14.8. The number of halogens is 4. The van der Waals surface area contributed by atoms with Crippen molar-refractivity contribution in [2.75, 3.05) is 13.2 Å². The molecule has 0 saturated heterocycles. The van der Waals surface area contributed by atoms with E-state index in [0.717, 1.165) is 11.1 Å². The van der Waals surface area contributed by atoms with Crippen LogP contribution in [0.5, 0.6) is 0 Å². The van der Waals surface area contributed by atoms with Gasteiger partial charge in [-0.15, -0.1) is 0 Å². The summed E-state index contributed by atoms with van der Waals surface area (Å²) in [4.78, 5) is 53.1. The number of rotatable bonds is 17. The van der Waals surface area contributed by atoms with Gasteiger partial charge in [0.1, 0.15) is 29.1 Å². The van der Waals surface area contributed by atoms with Crippen molar-refractivity contribution in [3.05, 3.63) is 153 Å². The summed E-state index contributed by atoms with van der Waals surface area (Å²) in [6.45, 7) is 6.93. The third kappa shape index (κ3) is 18.2. The number of nitrogens with zero attached hydrogens (tertiary/aromatic N) is 2. The van der Waals surface area contributed by atoms with Gasteiger partial charge in [0.15, 0.2) is 12.2 Å². The molecule has 1 amide bonds. The number of nitrogens with two attached hydrogens (primary N) is 1. The van der Waals surface area contributed by atoms with Crippen LogP contribution in [0.1, 0.15) is 70.7 Å². The molecule has 0 unspecified atom stereocenters. The molecule has 0 aliphatic carbocycles. The summed E-state index contributed by atoms with van der Waals surface area (Å²) in [6, 6.07) is 22.0. The monoisotopic (exact) mass is 988 g/mol. The number of carbonyl (C=O) groups is 4. The van der Waals surface area contributed by atoms with Gasteiger partial charge in [0.25, 0.3) is 5.89 Å². The van der Waals surface area contributed by atoms with E-state index in [4.69, 9.17) is 42.8 Å². The zero-order valence-electron chi connectivity index (χ0n) is 37.8. The molecule has 5 N–H and O–H groups in total. The molecule has 0 saturated carbocycles. The van der Waals surface area contributed by atoms with Gasteiger partial charge in [0.05, 0.1) is 25.6 Å². The van der Waals surface area contributed by atoms with E-state index in [1.807, 2.05) is 12.1 Å². The first-order chi connectivity index (χ1) is 31.9. The van der Waals surface area contributed by atoms with Crippen LogP contribution in [0.3, 0.4) is 0 Å². The van der Waals surface area contributed by atoms with Crippen LogP contribution in [0.25, 0.3) is 22.3 Å². The molecule has 68 heavy (non-hydrogen) atoms. The largest absolute Gasteiger partial charge is 1.00 e. The van der Waals surface area contributed by atoms with Gasteiger partial charge in [-0.1, -0.05) is 71.7 Å². The molecule has 0 bridgehead atoms. The molecular weight excluding hydrogens is 940 g/mol. The van der Waals surface area contributed by atoms with Crippen molar-refractivity contribution in [1.29, 1.82) is 0 Å². The van der Waals surface area contributed by atoms with E-state index in [2.05, 4.69) is 19.7 Å². The van der Waals surface area contributed by atoms with Gasteiger partial charge in [-0.25, -0.2) is 28.3 Å². The number of aromatic carboxylic acids is 1. The smallest absolute Gasteiger partial charge is 0.540 e. The molecule has 2 aromatic heterocycles. The van der Waals surface area contributed by atoms with E-state index in [0.29, 0.717) is 56.7 Å². The Labute approximate surface area is 423 Å². The van der Waals surface area contributed by atoms with Crippen LogP contribution >= 0.6 is 23.2 Å². The summed E-state index contributed by atoms with van der Waals surface area (Å²) >= 11 is 11.9. The third-order valence-electron chi connectivity index (χ3n) is 9.46. The van der Waals surface area contributed by atoms with E-state index in [9.17, 15) is 43.3 Å².